The Morgan fingerprint density at radius 1 is 1.35 bits per heavy atom. The average Bonchev–Trinajstić information content (AvgIpc) is 3.07. The van der Waals surface area contributed by atoms with Gasteiger partial charge in [-0.25, -0.2) is 4.98 Å². The summed E-state index contributed by atoms with van der Waals surface area (Å²) in [6, 6.07) is 8.18. The van der Waals surface area contributed by atoms with Crippen LogP contribution >= 0.6 is 22.7 Å². The number of fused-ring (bicyclic) bond motifs is 2. The second kappa shape index (κ2) is 5.70. The van der Waals surface area contributed by atoms with Gasteiger partial charge in [0, 0.05) is 30.5 Å². The highest BCUT2D eigenvalue weighted by atomic mass is 32.1. The maximum atomic E-state index is 11.6. The predicted octanol–water partition coefficient (Wildman–Crippen LogP) is 4.19. The van der Waals surface area contributed by atoms with Crippen molar-refractivity contribution < 1.29 is 4.79 Å². The second-order valence-electron chi connectivity index (χ2n) is 5.84. The van der Waals surface area contributed by atoms with Crippen molar-refractivity contribution in [1.82, 2.24) is 10.3 Å². The number of carbonyl (C=O) groups excluding carboxylic acids is 1. The Bertz CT molecular complexity index is 864. The molecule has 1 aliphatic rings. The van der Waals surface area contributed by atoms with Gasteiger partial charge >= 0.3 is 0 Å². The number of benzene rings is 1. The number of thiophene rings is 1. The first-order valence-electron chi connectivity index (χ1n) is 7.63. The van der Waals surface area contributed by atoms with Crippen molar-refractivity contribution in [3.63, 3.8) is 0 Å². The highest BCUT2D eigenvalue weighted by Gasteiger charge is 2.28. The SMILES string of the molecule is CC(=O)Nc1sc2c(c1-c1nc3ccccc3s1)C(C)CNC2. The molecule has 1 amide bonds. The molecule has 2 aromatic heterocycles. The smallest absolute Gasteiger partial charge is 0.221 e. The first kappa shape index (κ1) is 14.8. The van der Waals surface area contributed by atoms with Gasteiger partial charge in [-0.3, -0.25) is 4.79 Å². The van der Waals surface area contributed by atoms with Crippen molar-refractivity contribution in [2.45, 2.75) is 26.3 Å². The summed E-state index contributed by atoms with van der Waals surface area (Å²) in [6.45, 7) is 5.61. The fraction of sp³-hybridized carbons (Fsp3) is 0.294. The van der Waals surface area contributed by atoms with Crippen molar-refractivity contribution >= 4 is 43.8 Å². The van der Waals surface area contributed by atoms with Gasteiger partial charge < -0.3 is 10.6 Å². The van der Waals surface area contributed by atoms with E-state index in [9.17, 15) is 4.79 Å². The molecule has 3 aromatic rings. The maximum absolute atomic E-state index is 11.6. The molecule has 4 nitrogen and oxygen atoms in total. The van der Waals surface area contributed by atoms with E-state index in [1.54, 1.807) is 29.6 Å². The minimum absolute atomic E-state index is 0.0356. The zero-order chi connectivity index (χ0) is 16.0. The van der Waals surface area contributed by atoms with E-state index >= 15 is 0 Å². The Hall–Kier alpha value is -1.76. The molecular weight excluding hydrogens is 326 g/mol. The van der Waals surface area contributed by atoms with Crippen molar-refractivity contribution in [3.8, 4) is 10.6 Å². The first-order valence-corrected chi connectivity index (χ1v) is 9.26. The highest BCUT2D eigenvalue weighted by molar-refractivity contribution is 7.22. The number of amides is 1. The van der Waals surface area contributed by atoms with Gasteiger partial charge in [-0.1, -0.05) is 19.1 Å². The van der Waals surface area contributed by atoms with Gasteiger partial charge in [0.2, 0.25) is 5.91 Å². The van der Waals surface area contributed by atoms with Crippen LogP contribution < -0.4 is 10.6 Å². The van der Waals surface area contributed by atoms with Gasteiger partial charge in [-0.2, -0.15) is 0 Å². The number of nitrogens with zero attached hydrogens (tertiary/aromatic N) is 1. The number of anilines is 1. The van der Waals surface area contributed by atoms with Crippen molar-refractivity contribution in [2.75, 3.05) is 11.9 Å². The Morgan fingerprint density at radius 2 is 2.17 bits per heavy atom. The highest BCUT2D eigenvalue weighted by Crippen LogP contribution is 2.47. The van der Waals surface area contributed by atoms with Crippen LogP contribution in [0.3, 0.4) is 0 Å². The molecule has 0 saturated carbocycles. The Kier molecular flexibility index (Phi) is 3.67. The fourth-order valence-corrected chi connectivity index (χ4v) is 5.52. The standard InChI is InChI=1S/C17H17N3OS2/c1-9-7-18-8-13-14(9)15(16(23-13)19-10(2)21)17-20-11-5-3-4-6-12(11)22-17/h3-6,9,18H,7-8H2,1-2H3,(H,19,21). The molecule has 1 atom stereocenters. The largest absolute Gasteiger partial charge is 0.317 e. The van der Waals surface area contributed by atoms with Gasteiger partial charge in [0.1, 0.15) is 10.0 Å². The van der Waals surface area contributed by atoms with Crippen molar-refractivity contribution in [3.05, 3.63) is 34.7 Å². The molecule has 0 fully saturated rings. The lowest BCUT2D eigenvalue weighted by Gasteiger charge is -2.21. The monoisotopic (exact) mass is 343 g/mol. The summed E-state index contributed by atoms with van der Waals surface area (Å²) in [4.78, 5) is 17.8. The normalized spacial score (nSPS) is 17.2. The van der Waals surface area contributed by atoms with Gasteiger partial charge in [0.25, 0.3) is 0 Å². The quantitative estimate of drug-likeness (QED) is 0.733. The van der Waals surface area contributed by atoms with E-state index in [0.29, 0.717) is 5.92 Å². The van der Waals surface area contributed by atoms with E-state index in [1.807, 2.05) is 18.2 Å². The average molecular weight is 343 g/mol. The van der Waals surface area contributed by atoms with Crippen LogP contribution in [0.15, 0.2) is 24.3 Å². The van der Waals surface area contributed by atoms with E-state index in [2.05, 4.69) is 23.6 Å². The number of rotatable bonds is 2. The van der Waals surface area contributed by atoms with Crippen LogP contribution in [0.4, 0.5) is 5.00 Å². The number of para-hydroxylation sites is 1. The lowest BCUT2D eigenvalue weighted by molar-refractivity contribution is -0.114. The third-order valence-corrected chi connectivity index (χ3v) is 6.22. The van der Waals surface area contributed by atoms with Gasteiger partial charge in [-0.05, 0) is 23.6 Å². The van der Waals surface area contributed by atoms with Crippen LogP contribution in [-0.4, -0.2) is 17.4 Å². The molecule has 0 aliphatic carbocycles. The summed E-state index contributed by atoms with van der Waals surface area (Å²) in [7, 11) is 0. The number of thiazole rings is 1. The van der Waals surface area contributed by atoms with Gasteiger partial charge in [0.05, 0.1) is 10.2 Å². The minimum atomic E-state index is -0.0356. The van der Waals surface area contributed by atoms with Crippen LogP contribution in [0.1, 0.15) is 30.2 Å². The van der Waals surface area contributed by atoms with Crippen LogP contribution in [0.5, 0.6) is 0 Å². The number of hydrogen-bond donors (Lipinski definition) is 2. The minimum Gasteiger partial charge on any atom is -0.317 e. The van der Waals surface area contributed by atoms with Crippen LogP contribution in [-0.2, 0) is 11.3 Å². The molecule has 2 N–H and O–H groups in total. The Morgan fingerprint density at radius 3 is 2.96 bits per heavy atom. The van der Waals surface area contributed by atoms with E-state index in [0.717, 1.165) is 34.2 Å². The molecule has 6 heteroatoms. The molecule has 118 valence electrons. The molecule has 0 saturated heterocycles. The summed E-state index contributed by atoms with van der Waals surface area (Å²) in [5, 5.41) is 8.38. The van der Waals surface area contributed by atoms with Gasteiger partial charge in [0.15, 0.2) is 0 Å². The topological polar surface area (TPSA) is 54.0 Å². The van der Waals surface area contributed by atoms with E-state index in [4.69, 9.17) is 4.98 Å². The van der Waals surface area contributed by atoms with E-state index < -0.39 is 0 Å². The third kappa shape index (κ3) is 2.56. The number of hydrogen-bond acceptors (Lipinski definition) is 5. The molecule has 0 spiro atoms. The predicted molar refractivity (Wildman–Crippen MR) is 97.4 cm³/mol. The molecule has 1 aromatic carbocycles. The van der Waals surface area contributed by atoms with Crippen molar-refractivity contribution in [1.29, 1.82) is 0 Å². The van der Waals surface area contributed by atoms with Crippen LogP contribution in [0.2, 0.25) is 0 Å². The number of carbonyl (C=O) groups is 1. The molecule has 1 aliphatic heterocycles. The summed E-state index contributed by atoms with van der Waals surface area (Å²) in [5.41, 5.74) is 3.48. The summed E-state index contributed by atoms with van der Waals surface area (Å²) in [5.74, 6) is 0.381. The lowest BCUT2D eigenvalue weighted by atomic mass is 9.94. The Balaban J connectivity index is 1.94. The zero-order valence-corrected chi connectivity index (χ0v) is 14.6. The number of aromatic nitrogens is 1. The van der Waals surface area contributed by atoms with E-state index in [1.165, 1.54) is 15.1 Å². The third-order valence-electron chi connectivity index (χ3n) is 4.05. The summed E-state index contributed by atoms with van der Waals surface area (Å²) in [6.07, 6.45) is 0. The molecule has 3 heterocycles. The maximum Gasteiger partial charge on any atom is 0.221 e. The van der Waals surface area contributed by atoms with E-state index in [-0.39, 0.29) is 5.91 Å². The molecule has 1 unspecified atom stereocenters. The molecule has 0 radical (unpaired) electrons. The zero-order valence-electron chi connectivity index (χ0n) is 13.0. The fourth-order valence-electron chi connectivity index (χ4n) is 3.09. The second-order valence-corrected chi connectivity index (χ2v) is 7.98. The van der Waals surface area contributed by atoms with Crippen molar-refractivity contribution in [2.24, 2.45) is 0 Å². The van der Waals surface area contributed by atoms with Crippen LogP contribution in [0, 0.1) is 0 Å². The number of nitrogens with one attached hydrogen (secondary N) is 2. The first-order chi connectivity index (χ1) is 11.1. The Labute approximate surface area is 142 Å². The molecule has 4 rings (SSSR count). The molecule has 23 heavy (non-hydrogen) atoms. The molecular formula is C17H17N3OS2. The van der Waals surface area contributed by atoms with Gasteiger partial charge in [-0.15, -0.1) is 22.7 Å². The molecule has 0 bridgehead atoms. The van der Waals surface area contributed by atoms with Crippen LogP contribution in [0.25, 0.3) is 20.8 Å². The summed E-state index contributed by atoms with van der Waals surface area (Å²) >= 11 is 3.37. The summed E-state index contributed by atoms with van der Waals surface area (Å²) < 4.78 is 1.18. The lowest BCUT2D eigenvalue weighted by Crippen LogP contribution is -2.25.